The summed E-state index contributed by atoms with van der Waals surface area (Å²) in [5, 5.41) is 8.32. The molecule has 1 aromatic carbocycles. The molecule has 2 N–H and O–H groups in total. The number of anilines is 1. The van der Waals surface area contributed by atoms with Crippen molar-refractivity contribution >= 4 is 27.3 Å². The number of hydrogen-bond donors (Lipinski definition) is 1. The summed E-state index contributed by atoms with van der Waals surface area (Å²) in [6, 6.07) is 13.4. The van der Waals surface area contributed by atoms with Crippen LogP contribution in [-0.2, 0) is 0 Å². The second-order valence-corrected chi connectivity index (χ2v) is 4.50. The van der Waals surface area contributed by atoms with Gasteiger partial charge in [0.2, 0.25) is 0 Å². The molecule has 5 heteroatoms. The molecular weight excluding hydrogens is 280 g/mol. The molecule has 0 atom stereocenters. The predicted octanol–water partition coefficient (Wildman–Crippen LogP) is 2.74. The molecule has 0 fully saturated rings. The fraction of sp³-hybridized carbons (Fsp3) is 0. The van der Waals surface area contributed by atoms with Gasteiger partial charge in [0.15, 0.2) is 11.5 Å². The van der Waals surface area contributed by atoms with Crippen LogP contribution in [-0.4, -0.2) is 14.6 Å². The van der Waals surface area contributed by atoms with E-state index in [1.54, 1.807) is 0 Å². The van der Waals surface area contributed by atoms with Crippen molar-refractivity contribution in [1.29, 1.82) is 0 Å². The first-order valence-electron chi connectivity index (χ1n) is 5.11. The van der Waals surface area contributed by atoms with Crippen LogP contribution in [0.5, 0.6) is 0 Å². The van der Waals surface area contributed by atoms with E-state index >= 15 is 0 Å². The number of nitrogen functional groups attached to an aromatic ring is 1. The van der Waals surface area contributed by atoms with Crippen molar-refractivity contribution in [3.8, 4) is 11.4 Å². The first-order chi connectivity index (χ1) is 8.25. The Labute approximate surface area is 106 Å². The van der Waals surface area contributed by atoms with E-state index in [2.05, 4.69) is 26.1 Å². The maximum atomic E-state index is 5.78. The van der Waals surface area contributed by atoms with Crippen molar-refractivity contribution < 1.29 is 0 Å². The number of fused-ring (bicyclic) bond motifs is 1. The normalized spacial score (nSPS) is 10.9. The average molecular weight is 289 g/mol. The van der Waals surface area contributed by atoms with Gasteiger partial charge >= 0.3 is 0 Å². The van der Waals surface area contributed by atoms with Crippen LogP contribution in [0.3, 0.4) is 0 Å². The molecule has 2 heterocycles. The first kappa shape index (κ1) is 10.3. The number of nitrogens with zero attached hydrogens (tertiary/aromatic N) is 3. The van der Waals surface area contributed by atoms with Crippen molar-refractivity contribution in [1.82, 2.24) is 14.6 Å². The summed E-state index contributed by atoms with van der Waals surface area (Å²) in [7, 11) is 0. The van der Waals surface area contributed by atoms with Crippen molar-refractivity contribution in [2.75, 3.05) is 5.73 Å². The third-order valence-corrected chi connectivity index (χ3v) is 3.14. The largest absolute Gasteiger partial charge is 0.399 e. The van der Waals surface area contributed by atoms with Crippen LogP contribution in [0, 0.1) is 0 Å². The first-order valence-corrected chi connectivity index (χ1v) is 5.90. The van der Waals surface area contributed by atoms with Crippen LogP contribution in [0.25, 0.3) is 17.0 Å². The van der Waals surface area contributed by atoms with E-state index in [1.807, 2.05) is 46.9 Å². The van der Waals surface area contributed by atoms with Crippen molar-refractivity contribution in [2.45, 2.75) is 0 Å². The van der Waals surface area contributed by atoms with Crippen LogP contribution in [0.15, 0.2) is 47.1 Å². The van der Waals surface area contributed by atoms with Gasteiger partial charge in [0.25, 0.3) is 0 Å². The van der Waals surface area contributed by atoms with Gasteiger partial charge in [-0.25, -0.2) is 0 Å². The van der Waals surface area contributed by atoms with Gasteiger partial charge in [-0.3, -0.25) is 4.40 Å². The zero-order chi connectivity index (χ0) is 11.8. The SMILES string of the molecule is Nc1cccc(-c2nnc3cccc(Br)n23)c1. The van der Waals surface area contributed by atoms with E-state index in [4.69, 9.17) is 5.73 Å². The van der Waals surface area contributed by atoms with Gasteiger partial charge in [-0.1, -0.05) is 18.2 Å². The van der Waals surface area contributed by atoms with Gasteiger partial charge in [-0.2, -0.15) is 0 Å². The lowest BCUT2D eigenvalue weighted by Crippen LogP contribution is -1.92. The molecule has 0 bridgehead atoms. The number of hydrogen-bond acceptors (Lipinski definition) is 3. The summed E-state index contributed by atoms with van der Waals surface area (Å²) >= 11 is 3.49. The third-order valence-electron chi connectivity index (χ3n) is 2.53. The molecule has 0 unspecified atom stereocenters. The van der Waals surface area contributed by atoms with E-state index < -0.39 is 0 Å². The summed E-state index contributed by atoms with van der Waals surface area (Å²) in [5.74, 6) is 0.778. The highest BCUT2D eigenvalue weighted by molar-refractivity contribution is 9.10. The average Bonchev–Trinajstić information content (AvgIpc) is 2.74. The Morgan fingerprint density at radius 1 is 1.06 bits per heavy atom. The van der Waals surface area contributed by atoms with Gasteiger partial charge in [-0.05, 0) is 40.2 Å². The van der Waals surface area contributed by atoms with Gasteiger partial charge in [0.05, 0.1) is 4.60 Å². The molecule has 0 aliphatic rings. The molecule has 0 saturated heterocycles. The molecule has 17 heavy (non-hydrogen) atoms. The van der Waals surface area contributed by atoms with E-state index in [1.165, 1.54) is 0 Å². The molecule has 3 rings (SSSR count). The quantitative estimate of drug-likeness (QED) is 0.553. The number of halogens is 1. The number of pyridine rings is 1. The molecular formula is C12H9BrN4. The monoisotopic (exact) mass is 288 g/mol. The molecule has 2 aromatic heterocycles. The Morgan fingerprint density at radius 2 is 1.88 bits per heavy atom. The van der Waals surface area contributed by atoms with E-state index in [-0.39, 0.29) is 0 Å². The van der Waals surface area contributed by atoms with Gasteiger partial charge in [-0.15, -0.1) is 10.2 Å². The number of benzene rings is 1. The number of aromatic nitrogens is 3. The van der Waals surface area contributed by atoms with Crippen LogP contribution < -0.4 is 5.73 Å². The van der Waals surface area contributed by atoms with Gasteiger partial charge in [0, 0.05) is 11.3 Å². The summed E-state index contributed by atoms with van der Waals surface area (Å²) in [5.41, 5.74) is 8.24. The predicted molar refractivity (Wildman–Crippen MR) is 70.5 cm³/mol. The van der Waals surface area contributed by atoms with E-state index in [9.17, 15) is 0 Å². The summed E-state index contributed by atoms with van der Waals surface area (Å²) in [4.78, 5) is 0. The van der Waals surface area contributed by atoms with Crippen LogP contribution in [0.1, 0.15) is 0 Å². The minimum absolute atomic E-state index is 0.714. The Bertz CT molecular complexity index is 690. The molecule has 0 radical (unpaired) electrons. The maximum absolute atomic E-state index is 5.78. The fourth-order valence-corrected chi connectivity index (χ4v) is 2.27. The topological polar surface area (TPSA) is 56.2 Å². The van der Waals surface area contributed by atoms with E-state index in [0.717, 1.165) is 21.6 Å². The van der Waals surface area contributed by atoms with E-state index in [0.29, 0.717) is 5.69 Å². The summed E-state index contributed by atoms with van der Waals surface area (Å²) < 4.78 is 2.85. The molecule has 4 nitrogen and oxygen atoms in total. The highest BCUT2D eigenvalue weighted by Gasteiger charge is 2.09. The molecule has 0 spiro atoms. The highest BCUT2D eigenvalue weighted by atomic mass is 79.9. The molecule has 0 aliphatic carbocycles. The summed E-state index contributed by atoms with van der Waals surface area (Å²) in [6.45, 7) is 0. The minimum atomic E-state index is 0.714. The highest BCUT2D eigenvalue weighted by Crippen LogP contribution is 2.23. The zero-order valence-corrected chi connectivity index (χ0v) is 10.4. The van der Waals surface area contributed by atoms with Crippen LogP contribution in [0.4, 0.5) is 5.69 Å². The molecule has 84 valence electrons. The summed E-state index contributed by atoms with van der Waals surface area (Å²) in [6.07, 6.45) is 0. The minimum Gasteiger partial charge on any atom is -0.399 e. The molecule has 3 aromatic rings. The Kier molecular flexibility index (Phi) is 2.33. The van der Waals surface area contributed by atoms with Crippen LogP contribution >= 0.6 is 15.9 Å². The van der Waals surface area contributed by atoms with Crippen molar-refractivity contribution in [3.05, 3.63) is 47.1 Å². The third kappa shape index (κ3) is 1.68. The molecule has 0 aliphatic heterocycles. The fourth-order valence-electron chi connectivity index (χ4n) is 1.77. The van der Waals surface area contributed by atoms with Crippen molar-refractivity contribution in [3.63, 3.8) is 0 Å². The van der Waals surface area contributed by atoms with Crippen LogP contribution in [0.2, 0.25) is 0 Å². The molecule has 0 amide bonds. The second kappa shape index (κ2) is 3.85. The Morgan fingerprint density at radius 3 is 2.71 bits per heavy atom. The van der Waals surface area contributed by atoms with Gasteiger partial charge < -0.3 is 5.73 Å². The number of nitrogens with two attached hydrogens (primary N) is 1. The second-order valence-electron chi connectivity index (χ2n) is 3.69. The smallest absolute Gasteiger partial charge is 0.169 e. The lowest BCUT2D eigenvalue weighted by molar-refractivity contribution is 1.10. The maximum Gasteiger partial charge on any atom is 0.169 e. The molecule has 0 saturated carbocycles. The standard InChI is InChI=1S/C12H9BrN4/c13-10-5-2-6-11-15-16-12(17(10)11)8-3-1-4-9(14)7-8/h1-7H,14H2. The Hall–Kier alpha value is -1.88. The zero-order valence-electron chi connectivity index (χ0n) is 8.84. The van der Waals surface area contributed by atoms with Gasteiger partial charge in [0.1, 0.15) is 0 Å². The van der Waals surface area contributed by atoms with Crippen molar-refractivity contribution in [2.24, 2.45) is 0 Å². The lowest BCUT2D eigenvalue weighted by atomic mass is 10.2. The Balaban J connectivity index is 2.31. The lowest BCUT2D eigenvalue weighted by Gasteiger charge is -2.03. The number of rotatable bonds is 1.